The molecule has 0 aliphatic rings. The second kappa shape index (κ2) is 6.66. The van der Waals surface area contributed by atoms with Crippen LogP contribution in [-0.2, 0) is 13.1 Å². The highest BCUT2D eigenvalue weighted by molar-refractivity contribution is 6.09. The fourth-order valence-corrected chi connectivity index (χ4v) is 2.84. The van der Waals surface area contributed by atoms with E-state index in [0.29, 0.717) is 6.54 Å². The molecular weight excluding hydrogens is 280 g/mol. The summed E-state index contributed by atoms with van der Waals surface area (Å²) in [6.07, 6.45) is 2.20. The van der Waals surface area contributed by atoms with Crippen LogP contribution in [0.15, 0.2) is 77.9 Å². The number of para-hydroxylation sites is 1. The number of rotatable bonds is 5. The molecule has 1 heterocycles. The number of fused-ring (bicyclic) bond motifs is 1. The number of aliphatic imine (C=N–C) groups is 1. The molecule has 0 atom stereocenters. The molecule has 2 heteroatoms. The van der Waals surface area contributed by atoms with E-state index in [9.17, 15) is 0 Å². The Balaban J connectivity index is 1.97. The molecule has 116 valence electrons. The Labute approximate surface area is 137 Å². The molecule has 0 spiro atoms. The number of allylic oxidation sites excluding steroid dienone is 1. The van der Waals surface area contributed by atoms with E-state index in [1.807, 2.05) is 6.07 Å². The molecule has 1 aromatic heterocycles. The molecule has 0 aliphatic carbocycles. The lowest BCUT2D eigenvalue weighted by atomic mass is 10.1. The number of nitrogens with zero attached hydrogens (tertiary/aromatic N) is 2. The van der Waals surface area contributed by atoms with Crippen LogP contribution in [0.5, 0.6) is 0 Å². The van der Waals surface area contributed by atoms with Crippen LogP contribution in [0.3, 0.4) is 0 Å². The van der Waals surface area contributed by atoms with E-state index in [2.05, 4.69) is 79.7 Å². The van der Waals surface area contributed by atoms with Crippen molar-refractivity contribution < 1.29 is 0 Å². The second-order valence-corrected chi connectivity index (χ2v) is 6.03. The van der Waals surface area contributed by atoms with E-state index in [0.717, 1.165) is 17.8 Å². The van der Waals surface area contributed by atoms with Crippen LogP contribution in [-0.4, -0.2) is 10.3 Å². The van der Waals surface area contributed by atoms with Gasteiger partial charge in [-0.3, -0.25) is 4.99 Å². The molecule has 0 saturated carbocycles. The molecular formula is C21H22N2. The molecule has 0 aliphatic heterocycles. The van der Waals surface area contributed by atoms with Crippen molar-refractivity contribution in [2.24, 2.45) is 4.99 Å². The Morgan fingerprint density at radius 3 is 2.43 bits per heavy atom. The van der Waals surface area contributed by atoms with Gasteiger partial charge < -0.3 is 4.57 Å². The predicted octanol–water partition coefficient (Wildman–Crippen LogP) is 5.23. The summed E-state index contributed by atoms with van der Waals surface area (Å²) in [6.45, 7) is 9.74. The van der Waals surface area contributed by atoms with Crippen LogP contribution in [0.25, 0.3) is 10.9 Å². The van der Waals surface area contributed by atoms with Gasteiger partial charge in [0.05, 0.1) is 6.54 Å². The zero-order chi connectivity index (χ0) is 16.2. The summed E-state index contributed by atoms with van der Waals surface area (Å²) in [5, 5.41) is 1.25. The van der Waals surface area contributed by atoms with Gasteiger partial charge in [0.15, 0.2) is 0 Å². The van der Waals surface area contributed by atoms with E-state index in [1.165, 1.54) is 22.0 Å². The minimum atomic E-state index is 0.715. The quantitative estimate of drug-likeness (QED) is 0.454. The highest BCUT2D eigenvalue weighted by Gasteiger charge is 2.10. The summed E-state index contributed by atoms with van der Waals surface area (Å²) < 4.78 is 2.26. The highest BCUT2D eigenvalue weighted by Crippen LogP contribution is 2.23. The first-order chi connectivity index (χ1) is 11.1. The zero-order valence-corrected chi connectivity index (χ0v) is 13.8. The SMILES string of the molecule is C=C(C)Cn1cc(C(C)=NCc2ccccc2)c2ccccc21. The van der Waals surface area contributed by atoms with Gasteiger partial charge >= 0.3 is 0 Å². The van der Waals surface area contributed by atoms with E-state index >= 15 is 0 Å². The van der Waals surface area contributed by atoms with Gasteiger partial charge in [-0.25, -0.2) is 0 Å². The van der Waals surface area contributed by atoms with Crippen LogP contribution >= 0.6 is 0 Å². The van der Waals surface area contributed by atoms with Crippen LogP contribution in [0.1, 0.15) is 25.0 Å². The third kappa shape index (κ3) is 3.42. The zero-order valence-electron chi connectivity index (χ0n) is 13.8. The smallest absolute Gasteiger partial charge is 0.0643 e. The summed E-state index contributed by atoms with van der Waals surface area (Å²) in [4.78, 5) is 4.79. The molecule has 3 rings (SSSR count). The summed E-state index contributed by atoms with van der Waals surface area (Å²) in [5.74, 6) is 0. The minimum Gasteiger partial charge on any atom is -0.343 e. The van der Waals surface area contributed by atoms with Crippen molar-refractivity contribution in [3.8, 4) is 0 Å². The third-order valence-electron chi connectivity index (χ3n) is 3.96. The maximum atomic E-state index is 4.79. The normalized spacial score (nSPS) is 11.8. The lowest BCUT2D eigenvalue weighted by Gasteiger charge is -2.03. The van der Waals surface area contributed by atoms with Crippen LogP contribution in [0, 0.1) is 0 Å². The predicted molar refractivity (Wildman–Crippen MR) is 99.1 cm³/mol. The Morgan fingerprint density at radius 2 is 1.70 bits per heavy atom. The monoisotopic (exact) mass is 302 g/mol. The summed E-state index contributed by atoms with van der Waals surface area (Å²) in [7, 11) is 0. The van der Waals surface area contributed by atoms with Gasteiger partial charge in [0.2, 0.25) is 0 Å². The summed E-state index contributed by atoms with van der Waals surface area (Å²) in [5.41, 5.74) is 5.90. The lowest BCUT2D eigenvalue weighted by Crippen LogP contribution is -1.97. The highest BCUT2D eigenvalue weighted by atomic mass is 15.0. The van der Waals surface area contributed by atoms with Crippen molar-refractivity contribution in [3.63, 3.8) is 0 Å². The largest absolute Gasteiger partial charge is 0.343 e. The Hall–Kier alpha value is -2.61. The first-order valence-corrected chi connectivity index (χ1v) is 7.93. The van der Waals surface area contributed by atoms with Crippen molar-refractivity contribution in [1.82, 2.24) is 4.57 Å². The molecule has 2 nitrogen and oxygen atoms in total. The molecule has 0 radical (unpaired) electrons. The fraction of sp³-hybridized carbons (Fsp3) is 0.190. The Kier molecular flexibility index (Phi) is 4.42. The summed E-state index contributed by atoms with van der Waals surface area (Å²) in [6, 6.07) is 18.9. The molecule has 3 aromatic rings. The van der Waals surface area contributed by atoms with Gasteiger partial charge in [-0.15, -0.1) is 0 Å². The average Bonchev–Trinajstić information content (AvgIpc) is 2.92. The topological polar surface area (TPSA) is 17.3 Å². The molecule has 0 saturated heterocycles. The van der Waals surface area contributed by atoms with Gasteiger partial charge in [0, 0.05) is 34.9 Å². The molecule has 0 N–H and O–H groups in total. The summed E-state index contributed by atoms with van der Waals surface area (Å²) >= 11 is 0. The maximum Gasteiger partial charge on any atom is 0.0643 e. The van der Waals surface area contributed by atoms with Crippen LogP contribution in [0.4, 0.5) is 0 Å². The molecule has 23 heavy (non-hydrogen) atoms. The molecule has 2 aromatic carbocycles. The van der Waals surface area contributed by atoms with Gasteiger partial charge in [-0.1, -0.05) is 60.7 Å². The van der Waals surface area contributed by atoms with Crippen LogP contribution < -0.4 is 0 Å². The van der Waals surface area contributed by atoms with Gasteiger partial charge in [-0.2, -0.15) is 0 Å². The van der Waals surface area contributed by atoms with Crippen LogP contribution in [0.2, 0.25) is 0 Å². The number of aromatic nitrogens is 1. The molecule has 0 bridgehead atoms. The van der Waals surface area contributed by atoms with Crippen molar-refractivity contribution in [3.05, 3.63) is 84.1 Å². The van der Waals surface area contributed by atoms with Crippen molar-refractivity contribution in [2.45, 2.75) is 26.9 Å². The van der Waals surface area contributed by atoms with E-state index in [4.69, 9.17) is 4.99 Å². The molecule has 0 fully saturated rings. The lowest BCUT2D eigenvalue weighted by molar-refractivity contribution is 0.821. The van der Waals surface area contributed by atoms with E-state index < -0.39 is 0 Å². The van der Waals surface area contributed by atoms with Crippen molar-refractivity contribution in [2.75, 3.05) is 0 Å². The first kappa shape index (κ1) is 15.3. The van der Waals surface area contributed by atoms with Crippen molar-refractivity contribution in [1.29, 1.82) is 0 Å². The molecule has 0 unspecified atom stereocenters. The number of hydrogen-bond donors (Lipinski definition) is 0. The van der Waals surface area contributed by atoms with E-state index in [-0.39, 0.29) is 0 Å². The van der Waals surface area contributed by atoms with E-state index in [1.54, 1.807) is 0 Å². The minimum absolute atomic E-state index is 0.715. The number of hydrogen-bond acceptors (Lipinski definition) is 1. The van der Waals surface area contributed by atoms with Gasteiger partial charge in [0.1, 0.15) is 0 Å². The van der Waals surface area contributed by atoms with Crippen molar-refractivity contribution >= 4 is 16.6 Å². The van der Waals surface area contributed by atoms with Gasteiger partial charge in [-0.05, 0) is 25.5 Å². The third-order valence-corrected chi connectivity index (χ3v) is 3.96. The second-order valence-electron chi connectivity index (χ2n) is 6.03. The first-order valence-electron chi connectivity index (χ1n) is 7.93. The Bertz CT molecular complexity index is 854. The molecule has 0 amide bonds. The Morgan fingerprint density at radius 1 is 1.00 bits per heavy atom. The van der Waals surface area contributed by atoms with Gasteiger partial charge in [0.25, 0.3) is 0 Å². The average molecular weight is 302 g/mol. The standard InChI is InChI=1S/C21H22N2/c1-16(2)14-23-15-20(19-11-7-8-12-21(19)23)17(3)22-13-18-9-5-4-6-10-18/h4-12,15H,1,13-14H2,2-3H3. The fourth-order valence-electron chi connectivity index (χ4n) is 2.84. The maximum absolute atomic E-state index is 4.79. The number of benzene rings is 2.